The number of ether oxygens (including phenoxy) is 3. The Morgan fingerprint density at radius 2 is 1.85 bits per heavy atom. The molecule has 0 heterocycles. The number of nitrogens with zero attached hydrogens (tertiary/aromatic N) is 1. The molecular formula is C19H23F2N3O3. The smallest absolute Gasteiger partial charge is 0.387 e. The van der Waals surface area contributed by atoms with Crippen LogP contribution in [0.1, 0.15) is 5.56 Å². The normalized spacial score (nSPS) is 11.2. The van der Waals surface area contributed by atoms with Gasteiger partial charge in [0.25, 0.3) is 0 Å². The summed E-state index contributed by atoms with van der Waals surface area (Å²) in [5.74, 6) is 1.80. The van der Waals surface area contributed by atoms with E-state index in [4.69, 9.17) is 9.47 Å². The van der Waals surface area contributed by atoms with Crippen LogP contribution in [0, 0.1) is 0 Å². The van der Waals surface area contributed by atoms with Crippen LogP contribution >= 0.6 is 0 Å². The monoisotopic (exact) mass is 379 g/mol. The minimum Gasteiger partial charge on any atom is -0.497 e. The predicted molar refractivity (Wildman–Crippen MR) is 99.8 cm³/mol. The minimum absolute atomic E-state index is 0.0553. The number of benzene rings is 2. The highest BCUT2D eigenvalue weighted by atomic mass is 19.3. The lowest BCUT2D eigenvalue weighted by Gasteiger charge is -2.15. The second-order valence-electron chi connectivity index (χ2n) is 5.37. The third-order valence-electron chi connectivity index (χ3n) is 3.57. The van der Waals surface area contributed by atoms with E-state index in [2.05, 4.69) is 20.4 Å². The summed E-state index contributed by atoms with van der Waals surface area (Å²) < 4.78 is 40.4. The fraction of sp³-hybridized carbons (Fsp3) is 0.316. The molecule has 8 heteroatoms. The molecule has 0 aliphatic carbocycles. The molecule has 0 aromatic heterocycles. The highest BCUT2D eigenvalue weighted by Crippen LogP contribution is 2.26. The van der Waals surface area contributed by atoms with Crippen LogP contribution in [0.4, 0.5) is 8.78 Å². The van der Waals surface area contributed by atoms with Gasteiger partial charge in [-0.25, -0.2) is 0 Å². The Morgan fingerprint density at radius 1 is 1.07 bits per heavy atom. The van der Waals surface area contributed by atoms with Gasteiger partial charge in [0.1, 0.15) is 23.9 Å². The summed E-state index contributed by atoms with van der Waals surface area (Å²) in [7, 11) is 3.08. The molecule has 0 unspecified atom stereocenters. The van der Waals surface area contributed by atoms with E-state index in [9.17, 15) is 8.78 Å². The Bertz CT molecular complexity index is 727. The maximum atomic E-state index is 12.6. The van der Waals surface area contributed by atoms with Gasteiger partial charge in [-0.1, -0.05) is 18.2 Å². The van der Waals surface area contributed by atoms with E-state index in [1.165, 1.54) is 13.2 Å². The van der Waals surface area contributed by atoms with Crippen LogP contribution in [-0.4, -0.2) is 39.9 Å². The zero-order chi connectivity index (χ0) is 19.5. The molecule has 2 aromatic carbocycles. The Balaban J connectivity index is 1.84. The number of nitrogens with one attached hydrogen (secondary N) is 2. The van der Waals surface area contributed by atoms with Crippen molar-refractivity contribution in [3.8, 4) is 17.2 Å². The summed E-state index contributed by atoms with van der Waals surface area (Å²) in [5, 5.41) is 6.15. The lowest BCUT2D eigenvalue weighted by Crippen LogP contribution is -2.39. The van der Waals surface area contributed by atoms with Crippen molar-refractivity contribution < 1.29 is 23.0 Å². The van der Waals surface area contributed by atoms with E-state index in [0.717, 1.165) is 5.75 Å². The van der Waals surface area contributed by atoms with Crippen LogP contribution in [0.5, 0.6) is 17.2 Å². The number of methoxy groups -OCH3 is 1. The number of hydrogen-bond donors (Lipinski definition) is 2. The Morgan fingerprint density at radius 3 is 2.52 bits per heavy atom. The lowest BCUT2D eigenvalue weighted by atomic mass is 10.2. The van der Waals surface area contributed by atoms with Gasteiger partial charge in [-0.05, 0) is 24.3 Å². The molecule has 6 nitrogen and oxygen atoms in total. The standard InChI is InChI=1S/C19H23F2N3O3/c1-22-19(23-10-11-26-15-6-4-3-5-7-15)24-13-14-8-9-16(25-2)12-17(14)27-18(20)21/h3-9,12,18H,10-11,13H2,1-2H3,(H2,22,23,24). The second-order valence-corrected chi connectivity index (χ2v) is 5.37. The fourth-order valence-corrected chi connectivity index (χ4v) is 2.27. The highest BCUT2D eigenvalue weighted by Gasteiger charge is 2.11. The molecule has 2 N–H and O–H groups in total. The highest BCUT2D eigenvalue weighted by molar-refractivity contribution is 5.79. The van der Waals surface area contributed by atoms with E-state index >= 15 is 0 Å². The minimum atomic E-state index is -2.91. The van der Waals surface area contributed by atoms with Crippen LogP contribution < -0.4 is 24.8 Å². The molecule has 0 saturated heterocycles. The lowest BCUT2D eigenvalue weighted by molar-refractivity contribution is -0.0505. The van der Waals surface area contributed by atoms with Gasteiger partial charge in [0.2, 0.25) is 0 Å². The number of alkyl halides is 2. The first kappa shape index (κ1) is 20.3. The van der Waals surface area contributed by atoms with Crippen molar-refractivity contribution in [3.05, 3.63) is 54.1 Å². The molecule has 0 spiro atoms. The molecule has 0 amide bonds. The van der Waals surface area contributed by atoms with E-state index in [0.29, 0.717) is 30.4 Å². The number of rotatable bonds is 9. The van der Waals surface area contributed by atoms with Gasteiger partial charge in [-0.3, -0.25) is 4.99 Å². The van der Waals surface area contributed by atoms with Crippen LogP contribution in [0.15, 0.2) is 53.5 Å². The predicted octanol–water partition coefficient (Wildman–Crippen LogP) is 3.04. The average Bonchev–Trinajstić information content (AvgIpc) is 2.68. The summed E-state index contributed by atoms with van der Waals surface area (Å²) in [4.78, 5) is 4.10. The van der Waals surface area contributed by atoms with Crippen molar-refractivity contribution >= 4 is 5.96 Å². The molecule has 0 fully saturated rings. The molecule has 0 atom stereocenters. The molecule has 2 rings (SSSR count). The number of halogens is 2. The van der Waals surface area contributed by atoms with Gasteiger partial charge >= 0.3 is 6.61 Å². The van der Waals surface area contributed by atoms with Crippen molar-refractivity contribution in [2.24, 2.45) is 4.99 Å². The molecular weight excluding hydrogens is 356 g/mol. The van der Waals surface area contributed by atoms with Crippen molar-refractivity contribution in [2.75, 3.05) is 27.3 Å². The van der Waals surface area contributed by atoms with Crippen LogP contribution in [0.2, 0.25) is 0 Å². The molecule has 0 bridgehead atoms. The van der Waals surface area contributed by atoms with Crippen LogP contribution in [0.25, 0.3) is 0 Å². The van der Waals surface area contributed by atoms with Crippen molar-refractivity contribution in [1.82, 2.24) is 10.6 Å². The molecule has 0 aliphatic rings. The van der Waals surface area contributed by atoms with E-state index in [1.807, 2.05) is 30.3 Å². The molecule has 0 saturated carbocycles. The zero-order valence-electron chi connectivity index (χ0n) is 15.2. The SMILES string of the molecule is CN=C(NCCOc1ccccc1)NCc1ccc(OC)cc1OC(F)F. The first-order valence-corrected chi connectivity index (χ1v) is 8.36. The van der Waals surface area contributed by atoms with E-state index < -0.39 is 6.61 Å². The van der Waals surface area contributed by atoms with Crippen LogP contribution in [0.3, 0.4) is 0 Å². The second kappa shape index (κ2) is 10.8. The molecule has 2 aromatic rings. The molecule has 27 heavy (non-hydrogen) atoms. The van der Waals surface area contributed by atoms with Gasteiger partial charge in [-0.15, -0.1) is 0 Å². The van der Waals surface area contributed by atoms with Gasteiger partial charge in [0.05, 0.1) is 13.7 Å². The zero-order valence-corrected chi connectivity index (χ0v) is 15.2. The summed E-state index contributed by atoms with van der Waals surface area (Å²) in [6, 6.07) is 14.2. The number of aliphatic imine (C=N–C) groups is 1. The van der Waals surface area contributed by atoms with Gasteiger partial charge in [0, 0.05) is 25.2 Å². The largest absolute Gasteiger partial charge is 0.497 e. The summed E-state index contributed by atoms with van der Waals surface area (Å²) in [6.45, 7) is -1.68. The van der Waals surface area contributed by atoms with Gasteiger partial charge in [0.15, 0.2) is 5.96 Å². The summed E-state index contributed by atoms with van der Waals surface area (Å²) in [6.07, 6.45) is 0. The summed E-state index contributed by atoms with van der Waals surface area (Å²) >= 11 is 0. The van der Waals surface area contributed by atoms with Crippen LogP contribution in [-0.2, 0) is 6.54 Å². The van der Waals surface area contributed by atoms with Crippen molar-refractivity contribution in [3.63, 3.8) is 0 Å². The Hall–Kier alpha value is -3.03. The third kappa shape index (κ3) is 7.01. The third-order valence-corrected chi connectivity index (χ3v) is 3.57. The molecule has 146 valence electrons. The van der Waals surface area contributed by atoms with Gasteiger partial charge in [-0.2, -0.15) is 8.78 Å². The average molecular weight is 379 g/mol. The van der Waals surface area contributed by atoms with Crippen molar-refractivity contribution in [2.45, 2.75) is 13.2 Å². The molecule has 0 aliphatic heterocycles. The van der Waals surface area contributed by atoms with Gasteiger partial charge < -0.3 is 24.8 Å². The molecule has 0 radical (unpaired) electrons. The maximum absolute atomic E-state index is 12.6. The Kier molecular flexibility index (Phi) is 8.15. The quantitative estimate of drug-likeness (QED) is 0.398. The first-order chi connectivity index (χ1) is 13.1. The fourth-order valence-electron chi connectivity index (χ4n) is 2.27. The number of guanidine groups is 1. The topological polar surface area (TPSA) is 64.1 Å². The Labute approximate surface area is 157 Å². The summed E-state index contributed by atoms with van der Waals surface area (Å²) in [5.41, 5.74) is 0.555. The maximum Gasteiger partial charge on any atom is 0.387 e. The van der Waals surface area contributed by atoms with E-state index in [-0.39, 0.29) is 12.3 Å². The number of hydrogen-bond acceptors (Lipinski definition) is 4. The van der Waals surface area contributed by atoms with Crippen molar-refractivity contribution in [1.29, 1.82) is 0 Å². The number of para-hydroxylation sites is 1. The first-order valence-electron chi connectivity index (χ1n) is 8.36. The van der Waals surface area contributed by atoms with E-state index in [1.54, 1.807) is 19.2 Å².